The van der Waals surface area contributed by atoms with E-state index in [0.29, 0.717) is 12.2 Å². The molecule has 3 aromatic rings. The zero-order valence-corrected chi connectivity index (χ0v) is 30.8. The fraction of sp³-hybridized carbons (Fsp3) is 0.524. The number of ether oxygens (including phenoxy) is 2. The van der Waals surface area contributed by atoms with Gasteiger partial charge in [-0.1, -0.05) is 127 Å². The monoisotopic (exact) mass is 703 g/mol. The average Bonchev–Trinajstić information content (AvgIpc) is 3.13. The zero-order valence-electron chi connectivity index (χ0n) is 30.0. The summed E-state index contributed by atoms with van der Waals surface area (Å²) in [5.74, 6) is -0.262. The topological polar surface area (TPSA) is 105 Å². The summed E-state index contributed by atoms with van der Waals surface area (Å²) in [4.78, 5) is 25.1. The number of rotatable bonds is 22. The van der Waals surface area contributed by atoms with Crippen molar-refractivity contribution in [2.24, 2.45) is 5.92 Å². The summed E-state index contributed by atoms with van der Waals surface area (Å²) >= 11 is 1.62. The number of carboxylic acids is 1. The molecule has 1 fully saturated rings. The summed E-state index contributed by atoms with van der Waals surface area (Å²) < 4.78 is 13.2. The molecule has 1 amide bonds. The van der Waals surface area contributed by atoms with E-state index in [4.69, 9.17) is 9.47 Å². The number of aliphatic hydroxyl groups is 1. The molecule has 1 unspecified atom stereocenters. The number of hydrogen-bond acceptors (Lipinski definition) is 6. The second-order valence-corrected chi connectivity index (χ2v) is 14.7. The van der Waals surface area contributed by atoms with E-state index in [2.05, 4.69) is 19.2 Å². The number of carbonyl (C=O) groups is 2. The molecule has 1 aliphatic rings. The molecule has 0 aliphatic carbocycles. The van der Waals surface area contributed by atoms with Crippen LogP contribution >= 0.6 is 11.8 Å². The highest BCUT2D eigenvalue weighted by molar-refractivity contribution is 7.99. The molecule has 0 saturated carbocycles. The molecule has 4 atom stereocenters. The quantitative estimate of drug-likeness (QED) is 0.0706. The van der Waals surface area contributed by atoms with Crippen molar-refractivity contribution >= 4 is 29.3 Å². The minimum absolute atomic E-state index is 0.0141. The summed E-state index contributed by atoms with van der Waals surface area (Å²) in [6.07, 6.45) is 16.0. The number of hydrogen-bond donors (Lipinski definition) is 3. The number of carboxylic acid groups (broad SMARTS) is 1. The Morgan fingerprint density at radius 3 is 1.98 bits per heavy atom. The third-order valence-corrected chi connectivity index (χ3v) is 10.7. The van der Waals surface area contributed by atoms with E-state index in [9.17, 15) is 19.8 Å². The zero-order chi connectivity index (χ0) is 35.6. The van der Waals surface area contributed by atoms with Crippen molar-refractivity contribution in [3.8, 4) is 0 Å². The number of anilines is 1. The Bertz CT molecular complexity index is 1430. The van der Waals surface area contributed by atoms with Crippen LogP contribution in [0.1, 0.15) is 143 Å². The second-order valence-electron chi connectivity index (χ2n) is 13.6. The van der Waals surface area contributed by atoms with Gasteiger partial charge in [-0.05, 0) is 53.9 Å². The summed E-state index contributed by atoms with van der Waals surface area (Å²) in [6.45, 7) is 4.36. The molecule has 1 aliphatic heterocycles. The third-order valence-electron chi connectivity index (χ3n) is 9.59. The minimum atomic E-state index is -0.946. The smallest absolute Gasteiger partial charge is 0.335 e. The van der Waals surface area contributed by atoms with Crippen LogP contribution in [0.4, 0.5) is 5.69 Å². The van der Waals surface area contributed by atoms with Gasteiger partial charge in [-0.15, -0.1) is 11.8 Å². The van der Waals surface area contributed by atoms with Crippen LogP contribution in [0.15, 0.2) is 77.7 Å². The Kier molecular flexibility index (Phi) is 17.4. The highest BCUT2D eigenvalue weighted by Gasteiger charge is 2.38. The molecule has 0 bridgehead atoms. The van der Waals surface area contributed by atoms with E-state index >= 15 is 0 Å². The summed E-state index contributed by atoms with van der Waals surface area (Å²) in [7, 11) is 0. The standard InChI is InChI=1S/C42H57NO6S/c1-3-4-5-6-7-8-9-10-11-12-13-14-15-19-39(45)43-36-18-16-17-35(28-36)42-48-38(30-50-37-26-24-34(25-27-37)41(46)47)31(2)40(49-42)33-22-20-32(29-44)21-23-33/h16-18,20-28,31,38,40,42,44H,3-15,19,29-30H2,1-2H3,(H,43,45)(H,46,47)/t31-,38+,40+,42?/m0/s1. The van der Waals surface area contributed by atoms with E-state index in [0.717, 1.165) is 40.1 Å². The first kappa shape index (κ1) is 39.6. The number of aliphatic hydroxyl groups excluding tert-OH is 1. The van der Waals surface area contributed by atoms with Crippen molar-refractivity contribution in [2.75, 3.05) is 11.1 Å². The van der Waals surface area contributed by atoms with Crippen LogP contribution in [0.5, 0.6) is 0 Å². The van der Waals surface area contributed by atoms with Gasteiger partial charge in [-0.25, -0.2) is 4.79 Å². The third kappa shape index (κ3) is 13.2. The molecule has 3 N–H and O–H groups in total. The predicted molar refractivity (Wildman–Crippen MR) is 202 cm³/mol. The van der Waals surface area contributed by atoms with Crippen LogP contribution < -0.4 is 5.32 Å². The first-order valence-electron chi connectivity index (χ1n) is 18.7. The molecule has 1 heterocycles. The number of amides is 1. The lowest BCUT2D eigenvalue weighted by molar-refractivity contribution is -0.268. The molecule has 4 rings (SSSR count). The van der Waals surface area contributed by atoms with E-state index in [1.807, 2.05) is 60.7 Å². The van der Waals surface area contributed by atoms with E-state index in [1.54, 1.807) is 23.9 Å². The molecule has 0 spiro atoms. The van der Waals surface area contributed by atoms with Gasteiger partial charge >= 0.3 is 5.97 Å². The van der Waals surface area contributed by atoms with Crippen LogP contribution in [-0.2, 0) is 20.9 Å². The van der Waals surface area contributed by atoms with Gasteiger partial charge in [0.1, 0.15) is 0 Å². The second kappa shape index (κ2) is 21.9. The SMILES string of the molecule is CCCCCCCCCCCCCCCC(=O)Nc1cccc(C2O[C@H](CSc3ccc(C(=O)O)cc3)[C@H](C)[C@H](c3ccc(CO)cc3)O2)c1. The number of nitrogens with one attached hydrogen (secondary N) is 1. The van der Waals surface area contributed by atoms with Gasteiger partial charge < -0.3 is 25.0 Å². The highest BCUT2D eigenvalue weighted by Crippen LogP contribution is 2.43. The van der Waals surface area contributed by atoms with Crippen LogP contribution in [0.2, 0.25) is 0 Å². The molecule has 8 heteroatoms. The maximum absolute atomic E-state index is 12.8. The van der Waals surface area contributed by atoms with E-state index < -0.39 is 12.3 Å². The first-order valence-corrected chi connectivity index (χ1v) is 19.7. The Morgan fingerprint density at radius 2 is 1.38 bits per heavy atom. The molecule has 1 saturated heterocycles. The molecule has 7 nitrogen and oxygen atoms in total. The van der Waals surface area contributed by atoms with Crippen molar-refractivity contribution in [1.82, 2.24) is 0 Å². The van der Waals surface area contributed by atoms with Gasteiger partial charge in [0.05, 0.1) is 24.4 Å². The van der Waals surface area contributed by atoms with Gasteiger partial charge in [0.15, 0.2) is 6.29 Å². The number of benzene rings is 3. The van der Waals surface area contributed by atoms with Crippen molar-refractivity contribution in [1.29, 1.82) is 0 Å². The fourth-order valence-corrected chi connectivity index (χ4v) is 7.54. The molecule has 50 heavy (non-hydrogen) atoms. The van der Waals surface area contributed by atoms with Crippen LogP contribution in [0.3, 0.4) is 0 Å². The summed E-state index contributed by atoms with van der Waals surface area (Å²) in [5.41, 5.74) is 3.65. The first-order chi connectivity index (χ1) is 24.4. The Hall–Kier alpha value is -3.17. The fourth-order valence-electron chi connectivity index (χ4n) is 6.47. The molecule has 272 valence electrons. The molecular formula is C42H57NO6S. The lowest BCUT2D eigenvalue weighted by Crippen LogP contribution is -2.38. The van der Waals surface area contributed by atoms with Crippen molar-refractivity contribution < 1.29 is 29.3 Å². The Morgan fingerprint density at radius 1 is 0.760 bits per heavy atom. The largest absolute Gasteiger partial charge is 0.478 e. The lowest BCUT2D eigenvalue weighted by Gasteiger charge is -2.41. The maximum atomic E-state index is 12.8. The molecule has 3 aromatic carbocycles. The number of unbranched alkanes of at least 4 members (excludes halogenated alkanes) is 12. The maximum Gasteiger partial charge on any atom is 0.335 e. The minimum Gasteiger partial charge on any atom is -0.478 e. The molecular weight excluding hydrogens is 647 g/mol. The van der Waals surface area contributed by atoms with Crippen LogP contribution in [0, 0.1) is 5.92 Å². The molecule has 0 aromatic heterocycles. The van der Waals surface area contributed by atoms with Crippen molar-refractivity contribution in [2.45, 2.75) is 134 Å². The van der Waals surface area contributed by atoms with Crippen molar-refractivity contribution in [3.63, 3.8) is 0 Å². The number of aromatic carboxylic acids is 1. The Labute approximate surface area is 303 Å². The molecule has 0 radical (unpaired) electrons. The van der Waals surface area contributed by atoms with E-state index in [-0.39, 0.29) is 36.2 Å². The van der Waals surface area contributed by atoms with Gasteiger partial charge in [0.25, 0.3) is 0 Å². The normalized spacial score (nSPS) is 18.9. The van der Waals surface area contributed by atoms with Gasteiger partial charge in [-0.3, -0.25) is 4.79 Å². The average molecular weight is 704 g/mol. The van der Waals surface area contributed by atoms with Crippen molar-refractivity contribution in [3.05, 3.63) is 95.1 Å². The summed E-state index contributed by atoms with van der Waals surface area (Å²) in [5, 5.41) is 21.9. The van der Waals surface area contributed by atoms with Gasteiger partial charge in [-0.2, -0.15) is 0 Å². The van der Waals surface area contributed by atoms with Gasteiger partial charge in [0.2, 0.25) is 5.91 Å². The number of thioether (sulfide) groups is 1. The van der Waals surface area contributed by atoms with Crippen LogP contribution in [0.25, 0.3) is 0 Å². The van der Waals surface area contributed by atoms with Crippen LogP contribution in [-0.4, -0.2) is 33.9 Å². The summed E-state index contributed by atoms with van der Waals surface area (Å²) in [6, 6.07) is 22.4. The number of carbonyl (C=O) groups excluding carboxylic acids is 1. The van der Waals surface area contributed by atoms with Gasteiger partial charge in [0, 0.05) is 34.2 Å². The van der Waals surface area contributed by atoms with E-state index in [1.165, 1.54) is 70.6 Å². The predicted octanol–water partition coefficient (Wildman–Crippen LogP) is 10.9. The Balaban J connectivity index is 1.28. The lowest BCUT2D eigenvalue weighted by atomic mass is 9.91. The highest BCUT2D eigenvalue weighted by atomic mass is 32.2.